The van der Waals surface area contributed by atoms with E-state index >= 15 is 0 Å². The molecule has 0 aliphatic heterocycles. The summed E-state index contributed by atoms with van der Waals surface area (Å²) in [4.78, 5) is 0. The van der Waals surface area contributed by atoms with Crippen LogP contribution < -0.4 is 0 Å². The van der Waals surface area contributed by atoms with E-state index in [9.17, 15) is 0 Å². The Morgan fingerprint density at radius 3 is 1.29 bits per heavy atom. The van der Waals surface area contributed by atoms with E-state index in [1.54, 1.807) is 0 Å². The SMILES string of the molecule is CCCC(=C=Cc1ccccc1C=C=C(CCC)CCC)CCC. The summed E-state index contributed by atoms with van der Waals surface area (Å²) in [7, 11) is 0. The molecule has 0 nitrogen and oxygen atoms in total. The minimum atomic E-state index is 1.15. The molecule has 0 heteroatoms. The zero-order chi connectivity index (χ0) is 17.6. The smallest absolute Gasteiger partial charge is 0.0101 e. The monoisotopic (exact) mass is 322 g/mol. The Morgan fingerprint density at radius 1 is 0.667 bits per heavy atom. The van der Waals surface area contributed by atoms with E-state index in [0.717, 1.165) is 25.7 Å². The lowest BCUT2D eigenvalue weighted by Crippen LogP contribution is -1.83. The van der Waals surface area contributed by atoms with Crippen LogP contribution in [-0.4, -0.2) is 0 Å². The molecule has 1 rings (SSSR count). The first kappa shape index (κ1) is 20.3. The van der Waals surface area contributed by atoms with E-state index in [-0.39, 0.29) is 0 Å². The van der Waals surface area contributed by atoms with E-state index in [1.807, 2.05) is 0 Å². The second-order valence-corrected chi connectivity index (χ2v) is 6.41. The number of rotatable bonds is 10. The highest BCUT2D eigenvalue weighted by molar-refractivity contribution is 5.65. The first-order chi connectivity index (χ1) is 11.7. The van der Waals surface area contributed by atoms with Crippen molar-refractivity contribution < 1.29 is 0 Å². The summed E-state index contributed by atoms with van der Waals surface area (Å²) < 4.78 is 0. The van der Waals surface area contributed by atoms with Crippen molar-refractivity contribution in [3.63, 3.8) is 0 Å². The van der Waals surface area contributed by atoms with Crippen LogP contribution in [0, 0.1) is 0 Å². The maximum absolute atomic E-state index is 3.55. The molecule has 0 spiro atoms. The minimum Gasteiger partial charge on any atom is -0.121 e. The maximum Gasteiger partial charge on any atom is -0.0101 e. The lowest BCUT2D eigenvalue weighted by Gasteiger charge is -2.02. The highest BCUT2D eigenvalue weighted by Crippen LogP contribution is 2.16. The molecule has 0 aliphatic carbocycles. The Morgan fingerprint density at radius 2 is 1.00 bits per heavy atom. The van der Waals surface area contributed by atoms with Crippen molar-refractivity contribution in [3.05, 3.63) is 58.0 Å². The van der Waals surface area contributed by atoms with Crippen molar-refractivity contribution in [2.75, 3.05) is 0 Å². The van der Waals surface area contributed by atoms with Crippen LogP contribution in [0.15, 0.2) is 46.9 Å². The van der Waals surface area contributed by atoms with Gasteiger partial charge in [0.05, 0.1) is 0 Å². The topological polar surface area (TPSA) is 0 Å². The molecule has 0 unspecified atom stereocenters. The minimum absolute atomic E-state index is 1.15. The molecule has 0 saturated carbocycles. The second kappa shape index (κ2) is 12.7. The zero-order valence-electron chi connectivity index (χ0n) is 16.1. The van der Waals surface area contributed by atoms with Gasteiger partial charge in [0, 0.05) is 0 Å². The first-order valence-electron chi connectivity index (χ1n) is 9.72. The third-order valence-electron chi connectivity index (χ3n) is 4.07. The Hall–Kier alpha value is -1.74. The average molecular weight is 323 g/mol. The fraction of sp³-hybridized carbons (Fsp3) is 0.500. The van der Waals surface area contributed by atoms with Gasteiger partial charge in [-0.1, -0.05) is 77.6 Å². The molecule has 0 amide bonds. The molecule has 0 radical (unpaired) electrons. The fourth-order valence-electron chi connectivity index (χ4n) is 2.88. The molecule has 0 atom stereocenters. The van der Waals surface area contributed by atoms with Crippen molar-refractivity contribution in [1.29, 1.82) is 0 Å². The number of hydrogen-bond donors (Lipinski definition) is 0. The van der Waals surface area contributed by atoms with Gasteiger partial charge in [0.2, 0.25) is 0 Å². The normalized spacial score (nSPS) is 9.83. The molecule has 0 heterocycles. The molecular formula is C24H34. The Bertz CT molecular complexity index is 532. The van der Waals surface area contributed by atoms with Gasteiger partial charge in [0.25, 0.3) is 0 Å². The highest BCUT2D eigenvalue weighted by Gasteiger charge is 1.97. The zero-order valence-corrected chi connectivity index (χ0v) is 16.1. The quantitative estimate of drug-likeness (QED) is 0.383. The molecule has 0 saturated heterocycles. The molecule has 0 aromatic heterocycles. The molecule has 0 bridgehead atoms. The van der Waals surface area contributed by atoms with Crippen molar-refractivity contribution >= 4 is 12.2 Å². The van der Waals surface area contributed by atoms with Gasteiger partial charge in [0.1, 0.15) is 0 Å². The standard InChI is InChI=1S/C24H34/c1-5-11-21(12-6-2)17-19-23-15-9-10-16-24(23)20-18-22(13-7-3)14-8-4/h9-10,15-16,19-20H,5-8,11-14H2,1-4H3. The third-order valence-corrected chi connectivity index (χ3v) is 4.07. The summed E-state index contributed by atoms with van der Waals surface area (Å²) in [6, 6.07) is 8.56. The molecule has 0 N–H and O–H groups in total. The predicted molar refractivity (Wildman–Crippen MR) is 109 cm³/mol. The molecule has 0 aliphatic rings. The average Bonchev–Trinajstić information content (AvgIpc) is 2.59. The van der Waals surface area contributed by atoms with Crippen LogP contribution in [-0.2, 0) is 0 Å². The fourth-order valence-corrected chi connectivity index (χ4v) is 2.88. The number of allylic oxidation sites excluding steroid dienone is 2. The Labute approximate surface area is 149 Å². The Kier molecular flexibility index (Phi) is 10.7. The van der Waals surface area contributed by atoms with E-state index in [4.69, 9.17) is 0 Å². The Balaban J connectivity index is 3.15. The molecule has 0 fully saturated rings. The molecular weight excluding hydrogens is 288 g/mol. The molecule has 1 aromatic carbocycles. The summed E-state index contributed by atoms with van der Waals surface area (Å²) in [5.41, 5.74) is 12.5. The molecule has 130 valence electrons. The summed E-state index contributed by atoms with van der Waals surface area (Å²) >= 11 is 0. The summed E-state index contributed by atoms with van der Waals surface area (Å²) in [5, 5.41) is 0. The van der Waals surface area contributed by atoms with Crippen LogP contribution in [0.3, 0.4) is 0 Å². The van der Waals surface area contributed by atoms with Crippen molar-refractivity contribution in [2.24, 2.45) is 0 Å². The summed E-state index contributed by atoms with van der Waals surface area (Å²) in [6.07, 6.45) is 13.7. The predicted octanol–water partition coefficient (Wildman–Crippen LogP) is 7.96. The van der Waals surface area contributed by atoms with Crippen LogP contribution >= 0.6 is 0 Å². The van der Waals surface area contributed by atoms with Gasteiger partial charge in [-0.05, 0) is 60.1 Å². The van der Waals surface area contributed by atoms with Gasteiger partial charge in [-0.2, -0.15) is 0 Å². The first-order valence-corrected chi connectivity index (χ1v) is 9.72. The van der Waals surface area contributed by atoms with Gasteiger partial charge >= 0.3 is 0 Å². The largest absolute Gasteiger partial charge is 0.121 e. The van der Waals surface area contributed by atoms with Gasteiger partial charge in [-0.3, -0.25) is 0 Å². The van der Waals surface area contributed by atoms with E-state index in [0.29, 0.717) is 0 Å². The third kappa shape index (κ3) is 7.69. The van der Waals surface area contributed by atoms with E-state index < -0.39 is 0 Å². The van der Waals surface area contributed by atoms with Crippen LogP contribution in [0.25, 0.3) is 12.2 Å². The molecule has 24 heavy (non-hydrogen) atoms. The van der Waals surface area contributed by atoms with Gasteiger partial charge in [-0.15, -0.1) is 11.5 Å². The van der Waals surface area contributed by atoms with Crippen LogP contribution in [0.2, 0.25) is 0 Å². The van der Waals surface area contributed by atoms with Crippen LogP contribution in [0.4, 0.5) is 0 Å². The van der Waals surface area contributed by atoms with E-state index in [1.165, 1.54) is 48.0 Å². The van der Waals surface area contributed by atoms with E-state index in [2.05, 4.69) is 75.6 Å². The van der Waals surface area contributed by atoms with Crippen molar-refractivity contribution in [1.82, 2.24) is 0 Å². The lowest BCUT2D eigenvalue weighted by molar-refractivity contribution is 0.806. The lowest BCUT2D eigenvalue weighted by atomic mass is 10.0. The second-order valence-electron chi connectivity index (χ2n) is 6.41. The van der Waals surface area contributed by atoms with Gasteiger partial charge < -0.3 is 0 Å². The number of benzene rings is 1. The molecule has 1 aromatic rings. The highest BCUT2D eigenvalue weighted by atomic mass is 14.0. The summed E-state index contributed by atoms with van der Waals surface area (Å²) in [6.45, 7) is 8.95. The van der Waals surface area contributed by atoms with Gasteiger partial charge in [-0.25, -0.2) is 0 Å². The maximum atomic E-state index is 3.55. The van der Waals surface area contributed by atoms with Crippen LogP contribution in [0.5, 0.6) is 0 Å². The van der Waals surface area contributed by atoms with Crippen molar-refractivity contribution in [3.8, 4) is 0 Å². The van der Waals surface area contributed by atoms with Gasteiger partial charge in [0.15, 0.2) is 0 Å². The van der Waals surface area contributed by atoms with Crippen LogP contribution in [0.1, 0.15) is 90.2 Å². The van der Waals surface area contributed by atoms with Crippen molar-refractivity contribution in [2.45, 2.75) is 79.1 Å². The summed E-state index contributed by atoms with van der Waals surface area (Å²) in [5.74, 6) is 0. The number of hydrogen-bond acceptors (Lipinski definition) is 0.